The van der Waals surface area contributed by atoms with Crippen LogP contribution >= 0.6 is 23.2 Å². The molecule has 3 aromatic rings. The van der Waals surface area contributed by atoms with Gasteiger partial charge in [-0.2, -0.15) is 0 Å². The van der Waals surface area contributed by atoms with Crippen LogP contribution in [0.2, 0.25) is 10.0 Å². The van der Waals surface area contributed by atoms with Crippen molar-refractivity contribution in [1.29, 1.82) is 0 Å². The SMILES string of the molecule is CC(C)N1CCC(NC(=O)c2cc3ccccc3n2Cc2ccc(Cl)cc2Cl)CC1. The van der Waals surface area contributed by atoms with Gasteiger partial charge in [0.1, 0.15) is 5.69 Å². The molecule has 4 nitrogen and oxygen atoms in total. The number of hydrogen-bond acceptors (Lipinski definition) is 2. The maximum absolute atomic E-state index is 13.2. The molecule has 1 N–H and O–H groups in total. The number of aromatic nitrogens is 1. The zero-order valence-corrected chi connectivity index (χ0v) is 18.9. The monoisotopic (exact) mass is 443 g/mol. The molecule has 0 bridgehead atoms. The van der Waals surface area contributed by atoms with E-state index in [1.165, 1.54) is 0 Å². The number of amides is 1. The first-order chi connectivity index (χ1) is 14.4. The molecule has 0 radical (unpaired) electrons. The number of nitrogens with one attached hydrogen (secondary N) is 1. The van der Waals surface area contributed by atoms with Gasteiger partial charge < -0.3 is 14.8 Å². The van der Waals surface area contributed by atoms with Crippen LogP contribution in [0.4, 0.5) is 0 Å². The van der Waals surface area contributed by atoms with E-state index >= 15 is 0 Å². The first-order valence-corrected chi connectivity index (χ1v) is 11.2. The topological polar surface area (TPSA) is 37.3 Å². The lowest BCUT2D eigenvalue weighted by atomic mass is 10.0. The van der Waals surface area contributed by atoms with Crippen molar-refractivity contribution in [2.45, 2.75) is 45.3 Å². The highest BCUT2D eigenvalue weighted by Crippen LogP contribution is 2.26. The van der Waals surface area contributed by atoms with Gasteiger partial charge in [-0.15, -0.1) is 0 Å². The molecule has 2 heterocycles. The molecule has 0 spiro atoms. The van der Waals surface area contributed by atoms with Gasteiger partial charge >= 0.3 is 0 Å². The summed E-state index contributed by atoms with van der Waals surface area (Å²) in [5.74, 6) is -0.0284. The average Bonchev–Trinajstić information content (AvgIpc) is 3.09. The minimum Gasteiger partial charge on any atom is -0.348 e. The summed E-state index contributed by atoms with van der Waals surface area (Å²) in [4.78, 5) is 15.7. The molecule has 30 heavy (non-hydrogen) atoms. The highest BCUT2D eigenvalue weighted by atomic mass is 35.5. The Morgan fingerprint density at radius 2 is 1.83 bits per heavy atom. The van der Waals surface area contributed by atoms with Crippen LogP contribution in [0.5, 0.6) is 0 Å². The second kappa shape index (κ2) is 9.01. The van der Waals surface area contributed by atoms with Crippen molar-refractivity contribution in [3.8, 4) is 0 Å². The van der Waals surface area contributed by atoms with E-state index in [1.807, 2.05) is 47.0 Å². The van der Waals surface area contributed by atoms with Crippen LogP contribution in [0.3, 0.4) is 0 Å². The van der Waals surface area contributed by atoms with Crippen LogP contribution in [-0.4, -0.2) is 40.5 Å². The number of fused-ring (bicyclic) bond motifs is 1. The lowest BCUT2D eigenvalue weighted by Crippen LogP contribution is -2.46. The van der Waals surface area contributed by atoms with Gasteiger partial charge in [-0.1, -0.05) is 47.5 Å². The highest BCUT2D eigenvalue weighted by Gasteiger charge is 2.24. The summed E-state index contributed by atoms with van der Waals surface area (Å²) < 4.78 is 2.04. The number of carbonyl (C=O) groups excluding carboxylic acids is 1. The number of carbonyl (C=O) groups is 1. The van der Waals surface area contributed by atoms with Crippen LogP contribution in [0.25, 0.3) is 10.9 Å². The van der Waals surface area contributed by atoms with Gasteiger partial charge in [0, 0.05) is 52.7 Å². The number of hydrogen-bond donors (Lipinski definition) is 1. The standard InChI is InChI=1S/C24H27Cl2N3O/c1-16(2)28-11-9-20(10-12-28)27-24(30)23-13-17-5-3-4-6-22(17)29(23)15-18-7-8-19(25)14-21(18)26/h3-8,13-14,16,20H,9-12,15H2,1-2H3,(H,27,30). The molecule has 6 heteroatoms. The summed E-state index contributed by atoms with van der Waals surface area (Å²) in [5.41, 5.74) is 2.61. The quantitative estimate of drug-likeness (QED) is 0.556. The van der Waals surface area contributed by atoms with Crippen molar-refractivity contribution in [2.75, 3.05) is 13.1 Å². The number of nitrogens with zero attached hydrogens (tertiary/aromatic N) is 2. The summed E-state index contributed by atoms with van der Waals surface area (Å²) in [6.45, 7) is 6.99. The van der Waals surface area contributed by atoms with Crippen molar-refractivity contribution < 1.29 is 4.79 Å². The Hall–Kier alpha value is -2.01. The average molecular weight is 444 g/mol. The second-order valence-electron chi connectivity index (χ2n) is 8.29. The molecule has 0 atom stereocenters. The zero-order valence-electron chi connectivity index (χ0n) is 17.4. The molecule has 158 valence electrons. The Morgan fingerprint density at radius 3 is 2.53 bits per heavy atom. The van der Waals surface area contributed by atoms with Crippen molar-refractivity contribution >= 4 is 40.0 Å². The Labute approximate surface area is 187 Å². The molecule has 1 fully saturated rings. The Bertz CT molecular complexity index is 1050. The number of halogens is 2. The maximum atomic E-state index is 13.2. The summed E-state index contributed by atoms with van der Waals surface area (Å²) in [5, 5.41) is 5.52. The summed E-state index contributed by atoms with van der Waals surface area (Å²) in [6, 6.07) is 16.3. The largest absolute Gasteiger partial charge is 0.348 e. The number of benzene rings is 2. The third kappa shape index (κ3) is 4.51. The molecule has 1 aromatic heterocycles. The molecule has 1 amide bonds. The van der Waals surface area contributed by atoms with Crippen LogP contribution in [0, 0.1) is 0 Å². The van der Waals surface area contributed by atoms with Crippen molar-refractivity contribution in [3.63, 3.8) is 0 Å². The maximum Gasteiger partial charge on any atom is 0.268 e. The van der Waals surface area contributed by atoms with Crippen molar-refractivity contribution in [3.05, 3.63) is 69.8 Å². The second-order valence-corrected chi connectivity index (χ2v) is 9.13. The Balaban J connectivity index is 1.59. The van der Waals surface area contributed by atoms with E-state index in [-0.39, 0.29) is 11.9 Å². The highest BCUT2D eigenvalue weighted by molar-refractivity contribution is 6.35. The minimum atomic E-state index is -0.0284. The van der Waals surface area contributed by atoms with E-state index in [4.69, 9.17) is 23.2 Å². The fraction of sp³-hybridized carbons (Fsp3) is 0.375. The van der Waals surface area contributed by atoms with E-state index in [0.717, 1.165) is 42.4 Å². The van der Waals surface area contributed by atoms with Crippen LogP contribution in [0.15, 0.2) is 48.5 Å². The van der Waals surface area contributed by atoms with Gasteiger partial charge in [0.25, 0.3) is 5.91 Å². The van der Waals surface area contributed by atoms with Gasteiger partial charge in [-0.3, -0.25) is 4.79 Å². The van der Waals surface area contributed by atoms with Gasteiger partial charge in [0.2, 0.25) is 0 Å². The summed E-state index contributed by atoms with van der Waals surface area (Å²) in [7, 11) is 0. The first-order valence-electron chi connectivity index (χ1n) is 10.5. The van der Waals surface area contributed by atoms with Gasteiger partial charge in [0.05, 0.1) is 0 Å². The fourth-order valence-corrected chi connectivity index (χ4v) is 4.68. The third-order valence-electron chi connectivity index (χ3n) is 5.98. The van der Waals surface area contributed by atoms with Crippen LogP contribution < -0.4 is 5.32 Å². The van der Waals surface area contributed by atoms with Crippen LogP contribution in [-0.2, 0) is 6.54 Å². The zero-order chi connectivity index (χ0) is 21.3. The lowest BCUT2D eigenvalue weighted by Gasteiger charge is -2.34. The molecular formula is C24H27Cl2N3O. The molecule has 1 aliphatic rings. The molecule has 2 aromatic carbocycles. The molecule has 4 rings (SSSR count). The third-order valence-corrected chi connectivity index (χ3v) is 6.57. The predicted molar refractivity (Wildman–Crippen MR) is 125 cm³/mol. The van der Waals surface area contributed by atoms with E-state index < -0.39 is 0 Å². The van der Waals surface area contributed by atoms with Gasteiger partial charge in [0.15, 0.2) is 0 Å². The van der Waals surface area contributed by atoms with Crippen LogP contribution in [0.1, 0.15) is 42.7 Å². The van der Waals surface area contributed by atoms with E-state index in [0.29, 0.717) is 28.3 Å². The van der Waals surface area contributed by atoms with Crippen molar-refractivity contribution in [1.82, 2.24) is 14.8 Å². The molecule has 0 aliphatic carbocycles. The van der Waals surface area contributed by atoms with Crippen molar-refractivity contribution in [2.24, 2.45) is 0 Å². The Kier molecular flexibility index (Phi) is 6.37. The number of para-hydroxylation sites is 1. The smallest absolute Gasteiger partial charge is 0.268 e. The van der Waals surface area contributed by atoms with E-state index in [9.17, 15) is 4.79 Å². The number of rotatable bonds is 5. The lowest BCUT2D eigenvalue weighted by molar-refractivity contribution is 0.0892. The minimum absolute atomic E-state index is 0.0284. The fourth-order valence-electron chi connectivity index (χ4n) is 4.21. The molecular weight excluding hydrogens is 417 g/mol. The molecule has 0 saturated carbocycles. The predicted octanol–water partition coefficient (Wildman–Crippen LogP) is 5.60. The molecule has 1 saturated heterocycles. The summed E-state index contributed by atoms with van der Waals surface area (Å²) in [6.07, 6.45) is 1.96. The Morgan fingerprint density at radius 1 is 1.10 bits per heavy atom. The van der Waals surface area contributed by atoms with E-state index in [1.54, 1.807) is 6.07 Å². The van der Waals surface area contributed by atoms with Gasteiger partial charge in [-0.05, 0) is 56.5 Å². The number of likely N-dealkylation sites (tertiary alicyclic amines) is 1. The molecule has 1 aliphatic heterocycles. The van der Waals surface area contributed by atoms with E-state index in [2.05, 4.69) is 24.1 Å². The van der Waals surface area contributed by atoms with Gasteiger partial charge in [-0.25, -0.2) is 0 Å². The first kappa shape index (κ1) is 21.2. The number of piperidine rings is 1. The summed E-state index contributed by atoms with van der Waals surface area (Å²) >= 11 is 12.5. The molecule has 0 unspecified atom stereocenters. The normalized spacial score (nSPS) is 15.8.